The lowest BCUT2D eigenvalue weighted by molar-refractivity contribution is -0.146. The summed E-state index contributed by atoms with van der Waals surface area (Å²) in [5.74, 6) is -0.627. The molecule has 0 bridgehead atoms. The van der Waals surface area contributed by atoms with E-state index in [0.717, 1.165) is 31.3 Å². The molecule has 206 valence electrons. The van der Waals surface area contributed by atoms with Gasteiger partial charge in [0.1, 0.15) is 5.78 Å². The van der Waals surface area contributed by atoms with E-state index in [1.807, 2.05) is 0 Å². The summed E-state index contributed by atoms with van der Waals surface area (Å²) in [5.41, 5.74) is 2.84. The smallest absolute Gasteiger partial charge is 0.306 e. The van der Waals surface area contributed by atoms with Crippen molar-refractivity contribution in [2.75, 3.05) is 0 Å². The molecule has 2 saturated carbocycles. The van der Waals surface area contributed by atoms with E-state index in [9.17, 15) is 19.8 Å². The number of hydrogen-bond acceptors (Lipinski definition) is 3. The SMILES string of the molecule is C=C(CC[C@H](C(=O)O)C1C[C@H](C(C)=O)[C@@]2(C)C3=CCC4C(C)(C)[C@@H](O)CC[C@]4(C)C3=CC[C@]12C)C(C)C. The molecule has 4 aliphatic carbocycles. The van der Waals surface area contributed by atoms with Gasteiger partial charge in [0.2, 0.25) is 0 Å². The molecule has 0 saturated heterocycles. The summed E-state index contributed by atoms with van der Waals surface area (Å²) in [4.78, 5) is 26.0. The van der Waals surface area contributed by atoms with Crippen molar-refractivity contribution in [1.82, 2.24) is 0 Å². The molecule has 0 aromatic carbocycles. The largest absolute Gasteiger partial charge is 0.481 e. The van der Waals surface area contributed by atoms with Gasteiger partial charge >= 0.3 is 5.97 Å². The van der Waals surface area contributed by atoms with Crippen molar-refractivity contribution in [2.24, 2.45) is 51.2 Å². The second-order valence-corrected chi connectivity index (χ2v) is 14.4. The van der Waals surface area contributed by atoms with Crippen LogP contribution in [0.4, 0.5) is 0 Å². The fourth-order valence-corrected chi connectivity index (χ4v) is 9.42. The maximum absolute atomic E-state index is 13.3. The van der Waals surface area contributed by atoms with Crippen molar-refractivity contribution in [3.63, 3.8) is 0 Å². The minimum atomic E-state index is -0.739. The number of fused-ring (bicyclic) bond motifs is 5. The second kappa shape index (κ2) is 9.21. The Kier molecular flexibility index (Phi) is 7.05. The molecule has 0 amide bonds. The Morgan fingerprint density at radius 2 is 1.76 bits per heavy atom. The molecule has 0 aliphatic heterocycles. The zero-order valence-corrected chi connectivity index (χ0v) is 24.5. The molecule has 2 N–H and O–H groups in total. The first-order valence-electron chi connectivity index (χ1n) is 14.5. The highest BCUT2D eigenvalue weighted by molar-refractivity contribution is 5.82. The normalized spacial score (nSPS) is 41.1. The zero-order chi connectivity index (χ0) is 27.7. The number of carboxylic acids is 1. The van der Waals surface area contributed by atoms with E-state index in [4.69, 9.17) is 0 Å². The van der Waals surface area contributed by atoms with Crippen LogP contribution in [-0.2, 0) is 9.59 Å². The van der Waals surface area contributed by atoms with Gasteiger partial charge in [0, 0.05) is 11.3 Å². The second-order valence-electron chi connectivity index (χ2n) is 14.4. The van der Waals surface area contributed by atoms with Crippen LogP contribution in [0, 0.1) is 51.2 Å². The quantitative estimate of drug-likeness (QED) is 0.350. The Labute approximate surface area is 224 Å². The molecule has 4 nitrogen and oxygen atoms in total. The Morgan fingerprint density at radius 1 is 1.11 bits per heavy atom. The number of aliphatic hydroxyl groups is 1. The number of carbonyl (C=O) groups excluding carboxylic acids is 1. The highest BCUT2D eigenvalue weighted by atomic mass is 16.4. The number of Topliss-reactive ketones (excluding diaryl/α,β-unsaturated/α-hetero) is 1. The van der Waals surface area contributed by atoms with Crippen LogP contribution < -0.4 is 0 Å². The van der Waals surface area contributed by atoms with Gasteiger partial charge in [-0.15, -0.1) is 0 Å². The lowest BCUT2D eigenvalue weighted by atomic mass is 9.43. The fraction of sp³-hybridized carbons (Fsp3) is 0.758. The van der Waals surface area contributed by atoms with Crippen molar-refractivity contribution in [1.29, 1.82) is 0 Å². The minimum absolute atomic E-state index is 0.0439. The predicted octanol–water partition coefficient (Wildman–Crippen LogP) is 7.38. The highest BCUT2D eigenvalue weighted by Gasteiger charge is 2.68. The van der Waals surface area contributed by atoms with Gasteiger partial charge in [0.05, 0.1) is 12.0 Å². The van der Waals surface area contributed by atoms with Gasteiger partial charge in [-0.25, -0.2) is 0 Å². The number of aliphatic carboxylic acids is 1. The average molecular weight is 511 g/mol. The molecule has 0 heterocycles. The van der Waals surface area contributed by atoms with Gasteiger partial charge in [-0.05, 0) is 97.0 Å². The molecule has 0 aromatic heterocycles. The third kappa shape index (κ3) is 3.95. The van der Waals surface area contributed by atoms with Crippen molar-refractivity contribution < 1.29 is 19.8 Å². The third-order valence-corrected chi connectivity index (χ3v) is 12.3. The minimum Gasteiger partial charge on any atom is -0.481 e. The number of hydrogen-bond donors (Lipinski definition) is 2. The molecule has 0 spiro atoms. The van der Waals surface area contributed by atoms with E-state index >= 15 is 0 Å². The lowest BCUT2D eigenvalue weighted by Gasteiger charge is -2.61. The number of allylic oxidation sites excluding steroid dienone is 5. The standard InChI is InChI=1S/C33H50O4/c1-19(2)20(3)10-11-22(29(36)37)26-18-25(21(4)34)33(9)24-12-13-27-30(5,6)28(35)15-16-31(27,7)23(24)14-17-32(26,33)8/h12,14,19,22,25-28,35H,3,10-11,13,15-18H2,1-2,4-9H3,(H,36,37)/t22-,25+,26?,27?,28-,31+,32+,33+/m0/s1. The van der Waals surface area contributed by atoms with Crippen LogP contribution in [-0.4, -0.2) is 28.1 Å². The molecule has 4 aliphatic rings. The van der Waals surface area contributed by atoms with Gasteiger partial charge < -0.3 is 10.2 Å². The summed E-state index contributed by atoms with van der Waals surface area (Å²) in [6.45, 7) is 21.5. The summed E-state index contributed by atoms with van der Waals surface area (Å²) in [6.07, 6.45) is 9.84. The molecule has 8 atom stereocenters. The van der Waals surface area contributed by atoms with Crippen LogP contribution in [0.2, 0.25) is 0 Å². The van der Waals surface area contributed by atoms with Crippen LogP contribution in [0.25, 0.3) is 0 Å². The summed E-state index contributed by atoms with van der Waals surface area (Å²) < 4.78 is 0. The lowest BCUT2D eigenvalue weighted by Crippen LogP contribution is -2.55. The summed E-state index contributed by atoms with van der Waals surface area (Å²) >= 11 is 0. The summed E-state index contributed by atoms with van der Waals surface area (Å²) in [6, 6.07) is 0. The van der Waals surface area contributed by atoms with Crippen LogP contribution in [0.15, 0.2) is 35.5 Å². The predicted molar refractivity (Wildman–Crippen MR) is 149 cm³/mol. The van der Waals surface area contributed by atoms with E-state index in [1.54, 1.807) is 6.92 Å². The molecule has 4 heteroatoms. The van der Waals surface area contributed by atoms with Gasteiger partial charge in [-0.1, -0.05) is 72.8 Å². The van der Waals surface area contributed by atoms with Gasteiger partial charge in [0.25, 0.3) is 0 Å². The van der Waals surface area contributed by atoms with Gasteiger partial charge in [-0.2, -0.15) is 0 Å². The Hall–Kier alpha value is -1.68. The molecule has 0 aromatic rings. The maximum Gasteiger partial charge on any atom is 0.306 e. The average Bonchev–Trinajstić information content (AvgIpc) is 3.04. The van der Waals surface area contributed by atoms with E-state index in [0.29, 0.717) is 31.1 Å². The van der Waals surface area contributed by atoms with E-state index in [1.165, 1.54) is 11.1 Å². The highest BCUT2D eigenvalue weighted by Crippen LogP contribution is 2.73. The van der Waals surface area contributed by atoms with Crippen molar-refractivity contribution in [2.45, 2.75) is 106 Å². The van der Waals surface area contributed by atoms with Crippen molar-refractivity contribution in [3.05, 3.63) is 35.5 Å². The first kappa shape index (κ1) is 28.3. The molecule has 37 heavy (non-hydrogen) atoms. The Bertz CT molecular complexity index is 1050. The molecule has 2 fully saturated rings. The zero-order valence-electron chi connectivity index (χ0n) is 24.5. The van der Waals surface area contributed by atoms with Crippen molar-refractivity contribution in [3.8, 4) is 0 Å². The molecule has 0 radical (unpaired) electrons. The van der Waals surface area contributed by atoms with Gasteiger partial charge in [0.15, 0.2) is 0 Å². The van der Waals surface area contributed by atoms with Crippen LogP contribution in [0.5, 0.6) is 0 Å². The Balaban J connectivity index is 1.80. The van der Waals surface area contributed by atoms with E-state index in [2.05, 4.69) is 67.2 Å². The third-order valence-electron chi connectivity index (χ3n) is 12.3. The maximum atomic E-state index is 13.3. The first-order chi connectivity index (χ1) is 17.0. The van der Waals surface area contributed by atoms with E-state index < -0.39 is 17.3 Å². The molecule has 2 unspecified atom stereocenters. The summed E-state index contributed by atoms with van der Waals surface area (Å²) in [7, 11) is 0. The molecular weight excluding hydrogens is 460 g/mol. The number of aliphatic hydroxyl groups excluding tert-OH is 1. The Morgan fingerprint density at radius 3 is 2.32 bits per heavy atom. The molecule has 4 rings (SSSR count). The van der Waals surface area contributed by atoms with Crippen LogP contribution in [0.1, 0.15) is 100 Å². The fourth-order valence-electron chi connectivity index (χ4n) is 9.42. The number of carbonyl (C=O) groups is 2. The van der Waals surface area contributed by atoms with Crippen molar-refractivity contribution >= 4 is 11.8 Å². The van der Waals surface area contributed by atoms with Crippen LogP contribution in [0.3, 0.4) is 0 Å². The first-order valence-corrected chi connectivity index (χ1v) is 14.5. The molecular formula is C33H50O4. The topological polar surface area (TPSA) is 74.6 Å². The summed E-state index contributed by atoms with van der Waals surface area (Å²) in [5, 5.41) is 21.3. The number of ketones is 1. The van der Waals surface area contributed by atoms with Crippen LogP contribution >= 0.6 is 0 Å². The monoisotopic (exact) mass is 510 g/mol. The van der Waals surface area contributed by atoms with Gasteiger partial charge in [-0.3, -0.25) is 9.59 Å². The van der Waals surface area contributed by atoms with E-state index in [-0.39, 0.29) is 40.0 Å². The number of carboxylic acid groups (broad SMARTS) is 1. The number of rotatable bonds is 7.